The van der Waals surface area contributed by atoms with Crippen LogP contribution in [-0.4, -0.2) is 53.1 Å². The molecule has 9 nitrogen and oxygen atoms in total. The van der Waals surface area contributed by atoms with Crippen LogP contribution in [0.2, 0.25) is 0 Å². The summed E-state index contributed by atoms with van der Waals surface area (Å²) in [5.41, 5.74) is -3.83. The first kappa shape index (κ1) is 28.6. The van der Waals surface area contributed by atoms with Crippen LogP contribution in [0.15, 0.2) is 65.7 Å². The van der Waals surface area contributed by atoms with Gasteiger partial charge in [0.1, 0.15) is 4.75 Å². The van der Waals surface area contributed by atoms with Gasteiger partial charge in [-0.1, -0.05) is 18.2 Å². The second-order valence-electron chi connectivity index (χ2n) is 10.2. The zero-order valence-electron chi connectivity index (χ0n) is 21.9. The van der Waals surface area contributed by atoms with Crippen LogP contribution >= 0.6 is 0 Å². The Morgan fingerprint density at radius 2 is 1.85 bits per heavy atom. The van der Waals surface area contributed by atoms with Gasteiger partial charge in [-0.05, 0) is 62.2 Å². The highest BCUT2D eigenvalue weighted by atomic mass is 32.2. The smallest absolute Gasteiger partial charge is 0.370 e. The minimum absolute atomic E-state index is 0.0804. The Morgan fingerprint density at radius 1 is 1.15 bits per heavy atom. The SMILES string of the molecule is Cc1ccc(C(O)(c2nc3ccc(C#N)cc3[nH]2)C(F)(F)F)c2ccn(S(=O)(=O)C3(C)C=C(S(C)(=O)=O)C=CC3)c12. The number of hydrogen-bond donors (Lipinski definition) is 2. The molecule has 2 atom stereocenters. The molecule has 2 aromatic carbocycles. The number of fused-ring (bicyclic) bond motifs is 2. The quantitative estimate of drug-likeness (QED) is 0.345. The number of nitriles is 1. The van der Waals surface area contributed by atoms with Gasteiger partial charge in [-0.2, -0.15) is 18.4 Å². The maximum atomic E-state index is 14.8. The van der Waals surface area contributed by atoms with Gasteiger partial charge in [0.15, 0.2) is 15.7 Å². The Hall–Kier alpha value is -3.93. The van der Waals surface area contributed by atoms with Gasteiger partial charge in [-0.15, -0.1) is 0 Å². The summed E-state index contributed by atoms with van der Waals surface area (Å²) in [5.74, 6) is -0.860. The normalized spacial score (nSPS) is 19.7. The van der Waals surface area contributed by atoms with Crippen molar-refractivity contribution in [1.29, 1.82) is 5.26 Å². The Bertz CT molecular complexity index is 2070. The molecular formula is C27H23F3N4O5S2. The van der Waals surface area contributed by atoms with Gasteiger partial charge in [0.25, 0.3) is 0 Å². The molecular weight excluding hydrogens is 581 g/mol. The first-order valence-electron chi connectivity index (χ1n) is 12.1. The van der Waals surface area contributed by atoms with E-state index in [1.807, 2.05) is 6.07 Å². The summed E-state index contributed by atoms with van der Waals surface area (Å²) in [6.45, 7) is 2.84. The summed E-state index contributed by atoms with van der Waals surface area (Å²) >= 11 is 0. The summed E-state index contributed by atoms with van der Waals surface area (Å²) in [4.78, 5) is 6.26. The lowest BCUT2D eigenvalue weighted by atomic mass is 9.88. The maximum Gasteiger partial charge on any atom is 0.428 e. The molecule has 0 saturated carbocycles. The van der Waals surface area contributed by atoms with Crippen LogP contribution < -0.4 is 0 Å². The lowest BCUT2D eigenvalue weighted by Crippen LogP contribution is -2.44. The lowest BCUT2D eigenvalue weighted by molar-refractivity contribution is -0.250. The van der Waals surface area contributed by atoms with Gasteiger partial charge in [0.05, 0.1) is 33.1 Å². The predicted octanol–water partition coefficient (Wildman–Crippen LogP) is 4.32. The molecule has 0 fully saturated rings. The van der Waals surface area contributed by atoms with E-state index in [1.165, 1.54) is 50.3 Å². The van der Waals surface area contributed by atoms with E-state index >= 15 is 0 Å². The molecule has 0 spiro atoms. The van der Waals surface area contributed by atoms with Crippen molar-refractivity contribution in [3.63, 3.8) is 0 Å². The first-order chi connectivity index (χ1) is 18.9. The molecule has 0 amide bonds. The molecule has 41 heavy (non-hydrogen) atoms. The molecule has 0 radical (unpaired) electrons. The van der Waals surface area contributed by atoms with Crippen molar-refractivity contribution >= 4 is 41.8 Å². The number of sulfone groups is 1. The maximum absolute atomic E-state index is 14.8. The van der Waals surface area contributed by atoms with E-state index < -0.39 is 47.8 Å². The van der Waals surface area contributed by atoms with Crippen LogP contribution in [0.1, 0.15) is 35.9 Å². The van der Waals surface area contributed by atoms with Crippen molar-refractivity contribution in [3.05, 3.63) is 88.2 Å². The Morgan fingerprint density at radius 3 is 2.49 bits per heavy atom. The molecule has 14 heteroatoms. The molecule has 2 aromatic heterocycles. The van der Waals surface area contributed by atoms with E-state index in [2.05, 4.69) is 9.97 Å². The standard InChI is InChI=1S/C27H23F3N4O5S2/c1-16-6-8-20(26(35,27(28,29)30)24-32-21-9-7-17(15-31)13-22(21)33-24)19-10-12-34(23(16)19)41(38,39)25(2)11-4-5-18(14-25)40(3,36)37/h4-10,12-14,35H,11H2,1-3H3,(H,32,33). The number of nitrogens with one attached hydrogen (secondary N) is 1. The van der Waals surface area contributed by atoms with Crippen LogP contribution in [0.5, 0.6) is 0 Å². The van der Waals surface area contributed by atoms with E-state index in [0.29, 0.717) is 5.56 Å². The number of aromatic nitrogens is 3. The number of rotatable bonds is 5. The van der Waals surface area contributed by atoms with Gasteiger partial charge < -0.3 is 10.1 Å². The average molecular weight is 605 g/mol. The lowest BCUT2D eigenvalue weighted by Gasteiger charge is -2.31. The van der Waals surface area contributed by atoms with E-state index in [-0.39, 0.29) is 38.8 Å². The van der Waals surface area contributed by atoms with Gasteiger partial charge in [0, 0.05) is 23.4 Å². The molecule has 2 heterocycles. The van der Waals surface area contributed by atoms with Crippen LogP contribution in [0.25, 0.3) is 21.9 Å². The summed E-state index contributed by atoms with van der Waals surface area (Å²) < 4.78 is 95.6. The van der Waals surface area contributed by atoms with Crippen molar-refractivity contribution in [3.8, 4) is 6.07 Å². The summed E-state index contributed by atoms with van der Waals surface area (Å²) in [5, 5.41) is 20.4. The molecule has 0 saturated heterocycles. The van der Waals surface area contributed by atoms with E-state index in [0.717, 1.165) is 34.6 Å². The van der Waals surface area contributed by atoms with E-state index in [9.17, 15) is 35.1 Å². The number of alkyl halides is 3. The van der Waals surface area contributed by atoms with Crippen molar-refractivity contribution in [2.75, 3.05) is 6.26 Å². The molecule has 4 aromatic rings. The van der Waals surface area contributed by atoms with E-state index in [4.69, 9.17) is 5.26 Å². The first-order valence-corrected chi connectivity index (χ1v) is 15.4. The van der Waals surface area contributed by atoms with Crippen LogP contribution in [0, 0.1) is 18.3 Å². The zero-order chi connectivity index (χ0) is 30.2. The number of aromatic amines is 1. The Kier molecular flexibility index (Phi) is 6.30. The summed E-state index contributed by atoms with van der Waals surface area (Å²) in [6.07, 6.45) is 0.486. The topological polar surface area (TPSA) is 146 Å². The van der Waals surface area contributed by atoms with Gasteiger partial charge >= 0.3 is 6.18 Å². The van der Waals surface area contributed by atoms with Gasteiger partial charge in [-0.25, -0.2) is 25.8 Å². The average Bonchev–Trinajstić information content (AvgIpc) is 3.53. The number of benzene rings is 2. The highest BCUT2D eigenvalue weighted by molar-refractivity contribution is 7.95. The third kappa shape index (κ3) is 4.27. The van der Waals surface area contributed by atoms with Crippen molar-refractivity contribution in [2.24, 2.45) is 0 Å². The number of H-pyrrole nitrogens is 1. The number of aryl methyl sites for hydroxylation is 1. The van der Waals surface area contributed by atoms with Gasteiger partial charge in [0.2, 0.25) is 15.6 Å². The molecule has 214 valence electrons. The second kappa shape index (κ2) is 9.04. The number of nitrogens with zero attached hydrogens (tertiary/aromatic N) is 3. The van der Waals surface area contributed by atoms with Crippen molar-refractivity contribution in [1.82, 2.24) is 13.9 Å². The molecule has 0 aliphatic heterocycles. The van der Waals surface area contributed by atoms with Crippen LogP contribution in [0.4, 0.5) is 13.2 Å². The summed E-state index contributed by atoms with van der Waals surface area (Å²) in [7, 11) is -8.19. The minimum Gasteiger partial charge on any atom is -0.370 e. The van der Waals surface area contributed by atoms with Crippen molar-refractivity contribution in [2.45, 2.75) is 36.8 Å². The minimum atomic E-state index is -5.31. The Labute approximate surface area is 233 Å². The highest BCUT2D eigenvalue weighted by Crippen LogP contribution is 2.47. The Balaban J connectivity index is 1.76. The summed E-state index contributed by atoms with van der Waals surface area (Å²) in [6, 6.07) is 9.38. The van der Waals surface area contributed by atoms with Crippen molar-refractivity contribution < 1.29 is 35.1 Å². The van der Waals surface area contributed by atoms with Crippen LogP contribution in [-0.2, 0) is 25.5 Å². The molecule has 2 N–H and O–H groups in total. The fourth-order valence-electron chi connectivity index (χ4n) is 5.03. The molecule has 5 rings (SSSR count). The molecule has 1 aliphatic rings. The largest absolute Gasteiger partial charge is 0.428 e. The predicted molar refractivity (Wildman–Crippen MR) is 146 cm³/mol. The fourth-order valence-corrected chi connectivity index (χ4v) is 7.66. The van der Waals surface area contributed by atoms with Gasteiger partial charge in [-0.3, -0.25) is 0 Å². The second-order valence-corrected chi connectivity index (χ2v) is 14.5. The number of halogens is 3. The number of imidazole rings is 1. The third-order valence-corrected chi connectivity index (χ3v) is 10.7. The molecule has 1 aliphatic carbocycles. The fraction of sp³-hybridized carbons (Fsp3) is 0.259. The number of hydrogen-bond acceptors (Lipinski definition) is 7. The monoisotopic (exact) mass is 604 g/mol. The molecule has 0 bridgehead atoms. The number of aliphatic hydroxyl groups is 1. The zero-order valence-corrected chi connectivity index (χ0v) is 23.5. The van der Waals surface area contributed by atoms with E-state index in [1.54, 1.807) is 0 Å². The highest BCUT2D eigenvalue weighted by Gasteiger charge is 2.59. The number of allylic oxidation sites excluding steroid dienone is 2. The molecule has 2 unspecified atom stereocenters. The third-order valence-electron chi connectivity index (χ3n) is 7.30. The van der Waals surface area contributed by atoms with Crippen LogP contribution in [0.3, 0.4) is 0 Å².